The molecule has 5 nitrogen and oxygen atoms in total. The Morgan fingerprint density at radius 2 is 2.31 bits per heavy atom. The van der Waals surface area contributed by atoms with Gasteiger partial charge in [-0.25, -0.2) is 4.79 Å². The molecule has 0 aliphatic carbocycles. The predicted molar refractivity (Wildman–Crippen MR) is 55.3 cm³/mol. The van der Waals surface area contributed by atoms with Crippen molar-refractivity contribution in [2.75, 3.05) is 19.8 Å². The Morgan fingerprint density at radius 1 is 1.56 bits per heavy atom. The lowest BCUT2D eigenvalue weighted by molar-refractivity contribution is 0.0514. The lowest BCUT2D eigenvalue weighted by Gasteiger charge is -2.18. The highest BCUT2D eigenvalue weighted by atomic mass is 16.5. The van der Waals surface area contributed by atoms with Crippen molar-refractivity contribution in [1.29, 1.82) is 0 Å². The van der Waals surface area contributed by atoms with Crippen LogP contribution in [-0.2, 0) is 9.47 Å². The third-order valence-corrected chi connectivity index (χ3v) is 2.64. The van der Waals surface area contributed by atoms with Crippen molar-refractivity contribution in [3.05, 3.63) is 17.5 Å². The van der Waals surface area contributed by atoms with E-state index in [4.69, 9.17) is 14.0 Å². The number of carbonyl (C=O) groups is 1. The average Bonchev–Trinajstić information content (AvgIpc) is 2.80. The molecule has 1 fully saturated rings. The van der Waals surface area contributed by atoms with Crippen LogP contribution < -0.4 is 0 Å². The van der Waals surface area contributed by atoms with Crippen LogP contribution in [0, 0.1) is 0 Å². The summed E-state index contributed by atoms with van der Waals surface area (Å²) in [5.74, 6) is 0.639. The first kappa shape index (κ1) is 11.1. The van der Waals surface area contributed by atoms with Crippen molar-refractivity contribution in [1.82, 2.24) is 5.16 Å². The van der Waals surface area contributed by atoms with Gasteiger partial charge in [-0.15, -0.1) is 0 Å². The smallest absolute Gasteiger partial charge is 0.360 e. The van der Waals surface area contributed by atoms with Crippen LogP contribution in [0.2, 0.25) is 0 Å². The minimum atomic E-state index is -0.426. The number of aromatic nitrogens is 1. The molecule has 1 aromatic heterocycles. The minimum absolute atomic E-state index is 0.253. The highest BCUT2D eigenvalue weighted by Gasteiger charge is 2.22. The maximum Gasteiger partial charge on any atom is 0.360 e. The van der Waals surface area contributed by atoms with E-state index in [0.717, 1.165) is 31.8 Å². The van der Waals surface area contributed by atoms with Crippen molar-refractivity contribution in [3.63, 3.8) is 0 Å². The number of ether oxygens (including phenoxy) is 2. The molecule has 1 aromatic rings. The molecule has 5 heteroatoms. The molecule has 0 spiro atoms. The zero-order valence-corrected chi connectivity index (χ0v) is 9.27. The molecule has 0 atom stereocenters. The van der Waals surface area contributed by atoms with E-state index in [1.165, 1.54) is 0 Å². The van der Waals surface area contributed by atoms with Crippen LogP contribution in [-0.4, -0.2) is 30.9 Å². The Hall–Kier alpha value is -1.36. The summed E-state index contributed by atoms with van der Waals surface area (Å²) < 4.78 is 15.3. The lowest BCUT2D eigenvalue weighted by Crippen LogP contribution is -2.13. The van der Waals surface area contributed by atoms with Gasteiger partial charge in [0.1, 0.15) is 5.76 Å². The number of carbonyl (C=O) groups excluding carboxylic acids is 1. The molecule has 0 bridgehead atoms. The molecule has 2 rings (SSSR count). The molecule has 16 heavy (non-hydrogen) atoms. The monoisotopic (exact) mass is 225 g/mol. The Bertz CT molecular complexity index is 355. The van der Waals surface area contributed by atoms with Crippen molar-refractivity contribution in [2.45, 2.75) is 25.7 Å². The van der Waals surface area contributed by atoms with Crippen molar-refractivity contribution in [2.24, 2.45) is 0 Å². The van der Waals surface area contributed by atoms with E-state index in [-0.39, 0.29) is 5.69 Å². The summed E-state index contributed by atoms with van der Waals surface area (Å²) in [6.45, 7) is 3.58. The summed E-state index contributed by atoms with van der Waals surface area (Å²) >= 11 is 0. The number of nitrogens with zero attached hydrogens (tertiary/aromatic N) is 1. The second-order valence-electron chi connectivity index (χ2n) is 3.72. The van der Waals surface area contributed by atoms with E-state index in [1.54, 1.807) is 13.0 Å². The second kappa shape index (κ2) is 5.12. The van der Waals surface area contributed by atoms with Crippen LogP contribution in [0.5, 0.6) is 0 Å². The van der Waals surface area contributed by atoms with Gasteiger partial charge in [0, 0.05) is 25.2 Å². The van der Waals surface area contributed by atoms with Crippen molar-refractivity contribution in [3.8, 4) is 0 Å². The fourth-order valence-corrected chi connectivity index (χ4v) is 1.77. The summed E-state index contributed by atoms with van der Waals surface area (Å²) in [5.41, 5.74) is 0.253. The van der Waals surface area contributed by atoms with Crippen LogP contribution in [0.4, 0.5) is 0 Å². The average molecular weight is 225 g/mol. The molecule has 0 radical (unpaired) electrons. The van der Waals surface area contributed by atoms with Crippen LogP contribution in [0.1, 0.15) is 41.9 Å². The van der Waals surface area contributed by atoms with Crippen molar-refractivity contribution < 1.29 is 18.8 Å². The topological polar surface area (TPSA) is 61.6 Å². The first-order valence-electron chi connectivity index (χ1n) is 5.52. The largest absolute Gasteiger partial charge is 0.461 e. The van der Waals surface area contributed by atoms with E-state index in [1.807, 2.05) is 0 Å². The SMILES string of the molecule is CCOC(=O)c1cc(C2CCOCC2)on1. The van der Waals surface area contributed by atoms with E-state index < -0.39 is 5.97 Å². The quantitative estimate of drug-likeness (QED) is 0.733. The van der Waals surface area contributed by atoms with Gasteiger partial charge >= 0.3 is 5.97 Å². The maximum absolute atomic E-state index is 11.4. The molecule has 1 saturated heterocycles. The third kappa shape index (κ3) is 2.41. The van der Waals surface area contributed by atoms with Gasteiger partial charge in [0.2, 0.25) is 0 Å². The summed E-state index contributed by atoms with van der Waals surface area (Å²) in [5, 5.41) is 3.72. The molecule has 2 heterocycles. The zero-order valence-electron chi connectivity index (χ0n) is 9.27. The fourth-order valence-electron chi connectivity index (χ4n) is 1.77. The van der Waals surface area contributed by atoms with Crippen molar-refractivity contribution >= 4 is 5.97 Å². The number of rotatable bonds is 3. The molecule has 0 N–H and O–H groups in total. The molecule has 0 amide bonds. The van der Waals surface area contributed by atoms with Gasteiger partial charge in [-0.1, -0.05) is 5.16 Å². The van der Waals surface area contributed by atoms with Crippen LogP contribution in [0.15, 0.2) is 10.6 Å². The number of hydrogen-bond acceptors (Lipinski definition) is 5. The minimum Gasteiger partial charge on any atom is -0.461 e. The van der Waals surface area contributed by atoms with Crippen LogP contribution >= 0.6 is 0 Å². The first-order chi connectivity index (χ1) is 7.81. The Balaban J connectivity index is 2.03. The van der Waals surface area contributed by atoms with Gasteiger partial charge in [0.25, 0.3) is 0 Å². The molecule has 1 aliphatic heterocycles. The zero-order chi connectivity index (χ0) is 11.4. The molecular formula is C11H15NO4. The molecule has 0 saturated carbocycles. The Morgan fingerprint density at radius 3 is 3.00 bits per heavy atom. The van der Waals surface area contributed by atoms with Gasteiger partial charge in [-0.2, -0.15) is 0 Å². The van der Waals surface area contributed by atoms with Gasteiger partial charge in [0.05, 0.1) is 6.61 Å². The number of hydrogen-bond donors (Lipinski definition) is 0. The van der Waals surface area contributed by atoms with E-state index in [0.29, 0.717) is 12.5 Å². The number of esters is 1. The lowest BCUT2D eigenvalue weighted by atomic mass is 9.97. The Kier molecular flexibility index (Phi) is 3.56. The summed E-state index contributed by atoms with van der Waals surface area (Å²) in [6.07, 6.45) is 1.83. The van der Waals surface area contributed by atoms with E-state index in [9.17, 15) is 4.79 Å². The highest BCUT2D eigenvalue weighted by molar-refractivity contribution is 5.87. The maximum atomic E-state index is 11.4. The summed E-state index contributed by atoms with van der Waals surface area (Å²) in [4.78, 5) is 11.4. The Labute approximate surface area is 93.7 Å². The molecular weight excluding hydrogens is 210 g/mol. The first-order valence-corrected chi connectivity index (χ1v) is 5.52. The fraction of sp³-hybridized carbons (Fsp3) is 0.636. The van der Waals surface area contributed by atoms with Crippen LogP contribution in [0.25, 0.3) is 0 Å². The predicted octanol–water partition coefficient (Wildman–Crippen LogP) is 1.75. The van der Waals surface area contributed by atoms with E-state index >= 15 is 0 Å². The highest BCUT2D eigenvalue weighted by Crippen LogP contribution is 2.27. The standard InChI is InChI=1S/C11H15NO4/c1-2-15-11(13)9-7-10(16-12-9)8-3-5-14-6-4-8/h7-8H,2-6H2,1H3. The molecule has 88 valence electrons. The third-order valence-electron chi connectivity index (χ3n) is 2.64. The van der Waals surface area contributed by atoms with Gasteiger partial charge < -0.3 is 14.0 Å². The normalized spacial score (nSPS) is 17.3. The molecule has 0 aromatic carbocycles. The van der Waals surface area contributed by atoms with Gasteiger partial charge in [0.15, 0.2) is 5.69 Å². The summed E-state index contributed by atoms with van der Waals surface area (Å²) in [6, 6.07) is 1.67. The van der Waals surface area contributed by atoms with Crippen LogP contribution in [0.3, 0.4) is 0 Å². The van der Waals surface area contributed by atoms with Gasteiger partial charge in [-0.3, -0.25) is 0 Å². The second-order valence-corrected chi connectivity index (χ2v) is 3.72. The van der Waals surface area contributed by atoms with E-state index in [2.05, 4.69) is 5.16 Å². The molecule has 1 aliphatic rings. The molecule has 0 unspecified atom stereocenters. The summed E-state index contributed by atoms with van der Waals surface area (Å²) in [7, 11) is 0. The van der Waals surface area contributed by atoms with Gasteiger partial charge in [-0.05, 0) is 19.8 Å².